The summed E-state index contributed by atoms with van der Waals surface area (Å²) in [6.07, 6.45) is 6.13. The van der Waals surface area contributed by atoms with Crippen LogP contribution in [-0.2, 0) is 0 Å². The normalized spacial score (nSPS) is 10.1. The Labute approximate surface area is 95.6 Å². The zero-order chi connectivity index (χ0) is 11.8. The first kappa shape index (κ1) is 12.4. The van der Waals surface area contributed by atoms with Gasteiger partial charge in [0.2, 0.25) is 0 Å². The average molecular weight is 222 g/mol. The Kier molecular flexibility index (Phi) is 5.25. The average Bonchev–Trinajstić information content (AvgIpc) is 2.29. The minimum absolute atomic E-state index is 0.0711. The number of hydrogen-bond acceptors (Lipinski definition) is 4. The summed E-state index contributed by atoms with van der Waals surface area (Å²) in [6, 6.07) is 1.89. The molecule has 0 aromatic carbocycles. The van der Waals surface area contributed by atoms with E-state index in [4.69, 9.17) is 15.9 Å². The third-order valence-electron chi connectivity index (χ3n) is 2.14. The third kappa shape index (κ3) is 4.25. The maximum absolute atomic E-state index is 7.23. The van der Waals surface area contributed by atoms with Gasteiger partial charge in [-0.25, -0.2) is 4.98 Å². The molecule has 0 spiro atoms. The van der Waals surface area contributed by atoms with Crippen molar-refractivity contribution in [2.24, 2.45) is 5.73 Å². The Balaban J connectivity index is 2.36. The number of nitrogens with one attached hydrogen (secondary N) is 1. The van der Waals surface area contributed by atoms with Gasteiger partial charge in [-0.1, -0.05) is 26.2 Å². The fourth-order valence-electron chi connectivity index (χ4n) is 1.25. The van der Waals surface area contributed by atoms with Crippen molar-refractivity contribution >= 4 is 5.84 Å². The number of aromatic nitrogens is 2. The molecule has 1 heterocycles. The Bertz CT molecular complexity index is 341. The lowest BCUT2D eigenvalue weighted by molar-refractivity contribution is 0.281. The lowest BCUT2D eigenvalue weighted by Gasteiger charge is -2.04. The van der Waals surface area contributed by atoms with E-state index in [2.05, 4.69) is 16.9 Å². The maximum atomic E-state index is 7.23. The van der Waals surface area contributed by atoms with E-state index in [9.17, 15) is 0 Å². The number of nitrogens with two attached hydrogens (primary N) is 1. The predicted molar refractivity (Wildman–Crippen MR) is 62.7 cm³/mol. The van der Waals surface area contributed by atoms with Crippen LogP contribution in [0.2, 0.25) is 0 Å². The highest BCUT2D eigenvalue weighted by Crippen LogP contribution is 2.04. The highest BCUT2D eigenvalue weighted by molar-refractivity contribution is 5.92. The molecule has 0 radical (unpaired) electrons. The van der Waals surface area contributed by atoms with E-state index in [-0.39, 0.29) is 5.84 Å². The molecule has 0 fully saturated rings. The van der Waals surface area contributed by atoms with Gasteiger partial charge in [-0.05, 0) is 12.5 Å². The van der Waals surface area contributed by atoms with Crippen LogP contribution in [0.3, 0.4) is 0 Å². The third-order valence-corrected chi connectivity index (χ3v) is 2.14. The summed E-state index contributed by atoms with van der Waals surface area (Å²) >= 11 is 0. The van der Waals surface area contributed by atoms with Crippen molar-refractivity contribution in [3.05, 3.63) is 18.0 Å². The quantitative estimate of drug-likeness (QED) is 0.418. The minimum atomic E-state index is -0.0711. The second-order valence-corrected chi connectivity index (χ2v) is 3.55. The van der Waals surface area contributed by atoms with Crippen LogP contribution in [0.5, 0.6) is 6.01 Å². The molecule has 1 rings (SSSR count). The van der Waals surface area contributed by atoms with E-state index in [0.29, 0.717) is 18.3 Å². The Morgan fingerprint density at radius 1 is 1.44 bits per heavy atom. The first-order valence-corrected chi connectivity index (χ1v) is 5.54. The van der Waals surface area contributed by atoms with Crippen LogP contribution in [0.4, 0.5) is 0 Å². The van der Waals surface area contributed by atoms with E-state index in [1.54, 1.807) is 12.3 Å². The van der Waals surface area contributed by atoms with Crippen LogP contribution in [-0.4, -0.2) is 22.4 Å². The summed E-state index contributed by atoms with van der Waals surface area (Å²) in [5.74, 6) is -0.0711. The first-order valence-electron chi connectivity index (χ1n) is 5.54. The molecule has 1 aromatic heterocycles. The molecule has 0 saturated heterocycles. The van der Waals surface area contributed by atoms with Crippen LogP contribution in [0.1, 0.15) is 38.3 Å². The van der Waals surface area contributed by atoms with Crippen LogP contribution in [0, 0.1) is 5.41 Å². The van der Waals surface area contributed by atoms with Gasteiger partial charge in [-0.3, -0.25) is 5.41 Å². The van der Waals surface area contributed by atoms with Gasteiger partial charge in [0.05, 0.1) is 6.61 Å². The topological polar surface area (TPSA) is 84.9 Å². The van der Waals surface area contributed by atoms with Crippen molar-refractivity contribution in [2.45, 2.75) is 32.6 Å². The highest BCUT2D eigenvalue weighted by Gasteiger charge is 2.02. The lowest BCUT2D eigenvalue weighted by Crippen LogP contribution is -2.14. The first-order chi connectivity index (χ1) is 7.74. The van der Waals surface area contributed by atoms with Gasteiger partial charge in [-0.2, -0.15) is 4.98 Å². The summed E-state index contributed by atoms with van der Waals surface area (Å²) in [5, 5.41) is 7.23. The van der Waals surface area contributed by atoms with Gasteiger partial charge >= 0.3 is 6.01 Å². The fourth-order valence-corrected chi connectivity index (χ4v) is 1.25. The predicted octanol–water partition coefficient (Wildman–Crippen LogP) is 1.72. The SMILES string of the molecule is CCCCCCOc1nccc(C(=N)N)n1. The molecule has 0 aliphatic carbocycles. The van der Waals surface area contributed by atoms with Crippen molar-refractivity contribution in [1.29, 1.82) is 5.41 Å². The zero-order valence-electron chi connectivity index (χ0n) is 9.57. The van der Waals surface area contributed by atoms with E-state index < -0.39 is 0 Å². The van der Waals surface area contributed by atoms with Crippen molar-refractivity contribution < 1.29 is 4.74 Å². The number of hydrogen-bond donors (Lipinski definition) is 2. The Morgan fingerprint density at radius 3 is 2.94 bits per heavy atom. The minimum Gasteiger partial charge on any atom is -0.463 e. The molecule has 88 valence electrons. The summed E-state index contributed by atoms with van der Waals surface area (Å²) in [6.45, 7) is 2.78. The number of rotatable bonds is 7. The van der Waals surface area contributed by atoms with Crippen molar-refractivity contribution in [2.75, 3.05) is 6.61 Å². The van der Waals surface area contributed by atoms with Crippen molar-refractivity contribution in [3.8, 4) is 6.01 Å². The van der Waals surface area contributed by atoms with Gasteiger partial charge in [0.15, 0.2) is 0 Å². The van der Waals surface area contributed by atoms with Gasteiger partial charge in [-0.15, -0.1) is 0 Å². The smallest absolute Gasteiger partial charge is 0.316 e. The van der Waals surface area contributed by atoms with Crippen LogP contribution >= 0.6 is 0 Å². The lowest BCUT2D eigenvalue weighted by atomic mass is 10.2. The summed E-state index contributed by atoms with van der Waals surface area (Å²) in [4.78, 5) is 7.96. The largest absolute Gasteiger partial charge is 0.463 e. The molecule has 3 N–H and O–H groups in total. The summed E-state index contributed by atoms with van der Waals surface area (Å²) in [5.41, 5.74) is 5.72. The number of ether oxygens (including phenoxy) is 1. The van der Waals surface area contributed by atoms with E-state index in [1.165, 1.54) is 12.8 Å². The zero-order valence-corrected chi connectivity index (χ0v) is 9.57. The van der Waals surface area contributed by atoms with Crippen molar-refractivity contribution in [3.63, 3.8) is 0 Å². The van der Waals surface area contributed by atoms with Crippen molar-refractivity contribution in [1.82, 2.24) is 9.97 Å². The highest BCUT2D eigenvalue weighted by atomic mass is 16.5. The van der Waals surface area contributed by atoms with Crippen LogP contribution in [0.25, 0.3) is 0 Å². The van der Waals surface area contributed by atoms with Gasteiger partial charge in [0.1, 0.15) is 11.5 Å². The number of nitrogen functional groups attached to an aromatic ring is 1. The molecular weight excluding hydrogens is 204 g/mol. The summed E-state index contributed by atoms with van der Waals surface area (Å²) in [7, 11) is 0. The van der Waals surface area contributed by atoms with Gasteiger partial charge < -0.3 is 10.5 Å². The Hall–Kier alpha value is -1.65. The molecule has 5 heteroatoms. The molecule has 0 amide bonds. The summed E-state index contributed by atoms with van der Waals surface area (Å²) < 4.78 is 5.37. The standard InChI is InChI=1S/C11H18N4O/c1-2-3-4-5-8-16-11-14-7-6-9(15-11)10(12)13/h6-7H,2-5,8H2,1H3,(H3,12,13). The van der Waals surface area contributed by atoms with Gasteiger partial charge in [0.25, 0.3) is 0 Å². The monoisotopic (exact) mass is 222 g/mol. The molecule has 0 aliphatic heterocycles. The second-order valence-electron chi connectivity index (χ2n) is 3.55. The van der Waals surface area contributed by atoms with E-state index in [1.807, 2.05) is 0 Å². The molecule has 0 atom stereocenters. The number of unbranched alkanes of at least 4 members (excludes halogenated alkanes) is 3. The molecule has 0 aliphatic rings. The molecule has 0 bridgehead atoms. The number of amidine groups is 1. The second kappa shape index (κ2) is 6.76. The molecule has 16 heavy (non-hydrogen) atoms. The van der Waals surface area contributed by atoms with E-state index in [0.717, 1.165) is 12.8 Å². The Morgan fingerprint density at radius 2 is 2.25 bits per heavy atom. The molecular formula is C11H18N4O. The molecule has 0 unspecified atom stereocenters. The maximum Gasteiger partial charge on any atom is 0.316 e. The van der Waals surface area contributed by atoms with Crippen LogP contribution < -0.4 is 10.5 Å². The van der Waals surface area contributed by atoms with Crippen LogP contribution in [0.15, 0.2) is 12.3 Å². The molecule has 1 aromatic rings. The number of nitrogens with zero attached hydrogens (tertiary/aromatic N) is 2. The fraction of sp³-hybridized carbons (Fsp3) is 0.545. The molecule has 5 nitrogen and oxygen atoms in total. The molecule has 0 saturated carbocycles. The van der Waals surface area contributed by atoms with Gasteiger partial charge in [0, 0.05) is 6.20 Å². The van der Waals surface area contributed by atoms with E-state index >= 15 is 0 Å².